The molecule has 10 heteroatoms. The molecule has 0 aromatic carbocycles. The molecule has 0 fully saturated rings. The van der Waals surface area contributed by atoms with Crippen molar-refractivity contribution in [1.29, 1.82) is 0 Å². The lowest BCUT2D eigenvalue weighted by molar-refractivity contribution is -0.136. The summed E-state index contributed by atoms with van der Waals surface area (Å²) in [6, 6.07) is 0. The van der Waals surface area contributed by atoms with Gasteiger partial charge in [-0.15, -0.1) is 0 Å². The lowest BCUT2D eigenvalue weighted by Gasteiger charge is -2.26. The lowest BCUT2D eigenvalue weighted by atomic mass is 10.5. The Labute approximate surface area is 147 Å². The molecular weight excluding hydrogens is 328 g/mol. The third kappa shape index (κ3) is 5.73. The molecule has 0 bridgehead atoms. The monoisotopic (exact) mass is 354 g/mol. The predicted octanol–water partition coefficient (Wildman–Crippen LogP) is 0.540. The first-order chi connectivity index (χ1) is 11.9. The van der Waals surface area contributed by atoms with Gasteiger partial charge in [-0.25, -0.2) is 0 Å². The van der Waals surface area contributed by atoms with Crippen LogP contribution in [0.2, 0.25) is 0 Å². The van der Waals surface area contributed by atoms with Crippen LogP contribution in [0.25, 0.3) is 0 Å². The molecule has 0 aliphatic carbocycles. The summed E-state index contributed by atoms with van der Waals surface area (Å²) < 4.78 is 0. The zero-order valence-electron chi connectivity index (χ0n) is 15.1. The fourth-order valence-corrected chi connectivity index (χ4v) is 2.25. The Morgan fingerprint density at radius 1 is 0.680 bits per heavy atom. The van der Waals surface area contributed by atoms with Crippen LogP contribution in [0.1, 0.15) is 27.7 Å². The number of carbonyl (C=O) groups is 2. The van der Waals surface area contributed by atoms with Crippen LogP contribution in [0.3, 0.4) is 0 Å². The van der Waals surface area contributed by atoms with Crippen molar-refractivity contribution in [3.05, 3.63) is 0 Å². The first kappa shape index (κ1) is 20.4. The van der Waals surface area contributed by atoms with Crippen molar-refractivity contribution in [1.82, 2.24) is 15.0 Å². The van der Waals surface area contributed by atoms with Crippen LogP contribution in [0, 0.1) is 0 Å². The Morgan fingerprint density at radius 2 is 0.960 bits per heavy atom. The number of nitrogens with zero attached hydrogens (tertiary/aromatic N) is 6. The maximum absolute atomic E-state index is 11.1. The summed E-state index contributed by atoms with van der Waals surface area (Å²) in [5.74, 6) is -1.14. The van der Waals surface area contributed by atoms with Gasteiger partial charge in [0.15, 0.2) is 0 Å². The Hall–Kier alpha value is -2.65. The fraction of sp³-hybridized carbons (Fsp3) is 0.667. The van der Waals surface area contributed by atoms with Crippen LogP contribution in [0.15, 0.2) is 0 Å². The van der Waals surface area contributed by atoms with Gasteiger partial charge in [0.25, 0.3) is 0 Å². The van der Waals surface area contributed by atoms with E-state index in [1.807, 2.05) is 18.7 Å². The van der Waals surface area contributed by atoms with Gasteiger partial charge in [-0.1, -0.05) is 0 Å². The van der Waals surface area contributed by atoms with Crippen molar-refractivity contribution in [2.24, 2.45) is 0 Å². The van der Waals surface area contributed by atoms with Crippen molar-refractivity contribution in [2.45, 2.75) is 27.7 Å². The number of rotatable bonds is 11. The number of carboxylic acids is 2. The molecule has 0 unspecified atom stereocenters. The predicted molar refractivity (Wildman–Crippen MR) is 94.4 cm³/mol. The number of hydrogen-bond donors (Lipinski definition) is 2. The second-order valence-corrected chi connectivity index (χ2v) is 5.22. The average molecular weight is 354 g/mol. The summed E-state index contributed by atoms with van der Waals surface area (Å²) in [4.78, 5) is 40.2. The molecule has 0 radical (unpaired) electrons. The molecule has 1 heterocycles. The van der Waals surface area contributed by atoms with Crippen molar-refractivity contribution in [2.75, 3.05) is 54.0 Å². The van der Waals surface area contributed by atoms with Crippen LogP contribution in [-0.2, 0) is 9.59 Å². The van der Waals surface area contributed by atoms with Crippen molar-refractivity contribution in [3.63, 3.8) is 0 Å². The summed E-state index contributed by atoms with van der Waals surface area (Å²) in [6.45, 7) is 9.15. The minimum Gasteiger partial charge on any atom is -0.480 e. The molecule has 1 rings (SSSR count). The summed E-state index contributed by atoms with van der Waals surface area (Å²) in [7, 11) is 0. The summed E-state index contributed by atoms with van der Waals surface area (Å²) in [6.07, 6.45) is 0. The highest BCUT2D eigenvalue weighted by atomic mass is 16.4. The van der Waals surface area contributed by atoms with E-state index in [1.165, 1.54) is 9.80 Å². The molecule has 0 saturated carbocycles. The third-order valence-corrected chi connectivity index (χ3v) is 3.63. The number of likely N-dealkylation sites (N-methyl/N-ethyl adjacent to an activating group) is 2. The van der Waals surface area contributed by atoms with Gasteiger partial charge in [-0.3, -0.25) is 9.59 Å². The number of anilines is 3. The summed E-state index contributed by atoms with van der Waals surface area (Å²) in [5.41, 5.74) is 0. The molecule has 1 aromatic heterocycles. The number of aliphatic carboxylic acids is 2. The van der Waals surface area contributed by atoms with E-state index < -0.39 is 11.9 Å². The van der Waals surface area contributed by atoms with Gasteiger partial charge in [-0.2, -0.15) is 15.0 Å². The first-order valence-corrected chi connectivity index (χ1v) is 8.30. The van der Waals surface area contributed by atoms with Crippen LogP contribution in [-0.4, -0.2) is 76.4 Å². The van der Waals surface area contributed by atoms with E-state index >= 15 is 0 Å². The van der Waals surface area contributed by atoms with Gasteiger partial charge in [0.2, 0.25) is 17.8 Å². The van der Waals surface area contributed by atoms with Crippen molar-refractivity contribution < 1.29 is 19.8 Å². The molecule has 0 aliphatic heterocycles. The molecule has 25 heavy (non-hydrogen) atoms. The highest BCUT2D eigenvalue weighted by Crippen LogP contribution is 2.19. The molecule has 0 amide bonds. The fourth-order valence-electron chi connectivity index (χ4n) is 2.25. The van der Waals surface area contributed by atoms with Gasteiger partial charge in [-0.05, 0) is 27.7 Å². The Kier molecular flexibility index (Phi) is 7.83. The average Bonchev–Trinajstić information content (AvgIpc) is 2.58. The Balaban J connectivity index is 3.39. The zero-order chi connectivity index (χ0) is 19.0. The minimum absolute atomic E-state index is 0.223. The topological polar surface area (TPSA) is 123 Å². The van der Waals surface area contributed by atoms with E-state index in [2.05, 4.69) is 15.0 Å². The normalized spacial score (nSPS) is 10.4. The molecule has 1 aromatic rings. The standard InChI is InChI=1S/C15H26N6O4/c1-5-19(6-2)13-16-14(20(7-3)9-11(22)23)18-15(17-13)21(8-4)10-12(24)25/h5-10H2,1-4H3,(H,22,23)(H,24,25). The number of aromatic nitrogens is 3. The van der Waals surface area contributed by atoms with Gasteiger partial charge in [0.1, 0.15) is 13.1 Å². The second kappa shape index (κ2) is 9.60. The Morgan fingerprint density at radius 3 is 1.20 bits per heavy atom. The van der Waals surface area contributed by atoms with Crippen molar-refractivity contribution >= 4 is 29.8 Å². The molecule has 0 saturated heterocycles. The maximum Gasteiger partial charge on any atom is 0.323 e. The lowest BCUT2D eigenvalue weighted by Crippen LogP contribution is -2.35. The molecule has 0 aliphatic rings. The maximum atomic E-state index is 11.1. The molecule has 10 nitrogen and oxygen atoms in total. The zero-order valence-corrected chi connectivity index (χ0v) is 15.1. The quantitative estimate of drug-likeness (QED) is 0.582. The van der Waals surface area contributed by atoms with Gasteiger partial charge in [0, 0.05) is 26.2 Å². The van der Waals surface area contributed by atoms with E-state index in [9.17, 15) is 9.59 Å². The van der Waals surface area contributed by atoms with Crippen LogP contribution >= 0.6 is 0 Å². The van der Waals surface area contributed by atoms with E-state index in [0.29, 0.717) is 32.1 Å². The smallest absolute Gasteiger partial charge is 0.323 e. The minimum atomic E-state index is -0.994. The second-order valence-electron chi connectivity index (χ2n) is 5.22. The highest BCUT2D eigenvalue weighted by Gasteiger charge is 2.20. The van der Waals surface area contributed by atoms with E-state index in [4.69, 9.17) is 10.2 Å². The molecule has 0 spiro atoms. The summed E-state index contributed by atoms with van der Waals surface area (Å²) in [5, 5.41) is 18.2. The molecule has 140 valence electrons. The van der Waals surface area contributed by atoms with Gasteiger partial charge >= 0.3 is 11.9 Å². The third-order valence-electron chi connectivity index (χ3n) is 3.63. The van der Waals surface area contributed by atoms with E-state index in [-0.39, 0.29) is 25.0 Å². The van der Waals surface area contributed by atoms with Crippen LogP contribution in [0.5, 0.6) is 0 Å². The largest absolute Gasteiger partial charge is 0.480 e. The Bertz CT molecular complexity index is 551. The van der Waals surface area contributed by atoms with E-state index in [0.717, 1.165) is 0 Å². The SMILES string of the molecule is CCN(CC)c1nc(N(CC)CC(=O)O)nc(N(CC)CC(=O)O)n1. The highest BCUT2D eigenvalue weighted by molar-refractivity contribution is 5.74. The molecule has 2 N–H and O–H groups in total. The van der Waals surface area contributed by atoms with Crippen molar-refractivity contribution in [3.8, 4) is 0 Å². The summed E-state index contributed by atoms with van der Waals surface area (Å²) >= 11 is 0. The van der Waals surface area contributed by atoms with Crippen LogP contribution < -0.4 is 14.7 Å². The van der Waals surface area contributed by atoms with E-state index in [1.54, 1.807) is 13.8 Å². The van der Waals surface area contributed by atoms with Crippen LogP contribution in [0.4, 0.5) is 17.8 Å². The molecular formula is C15H26N6O4. The first-order valence-electron chi connectivity index (χ1n) is 8.30. The van der Waals surface area contributed by atoms with Gasteiger partial charge < -0.3 is 24.9 Å². The molecule has 0 atom stereocenters. The number of carboxylic acid groups (broad SMARTS) is 2. The number of hydrogen-bond acceptors (Lipinski definition) is 8. The van der Waals surface area contributed by atoms with Gasteiger partial charge in [0.05, 0.1) is 0 Å².